The van der Waals surface area contributed by atoms with Crippen LogP contribution in [-0.4, -0.2) is 38.6 Å². The summed E-state index contributed by atoms with van der Waals surface area (Å²) in [4.78, 5) is 9.19. The lowest BCUT2D eigenvalue weighted by molar-refractivity contribution is 0.304. The Bertz CT molecular complexity index is 1640. The Morgan fingerprint density at radius 2 is 0.782 bits per heavy atom. The molecule has 2 aromatic heterocycles. The van der Waals surface area contributed by atoms with Gasteiger partial charge in [0.05, 0.1) is 13.2 Å². The summed E-state index contributed by atoms with van der Waals surface area (Å²) in [5.41, 5.74) is 2.68. The van der Waals surface area contributed by atoms with Crippen molar-refractivity contribution in [1.29, 1.82) is 0 Å². The number of ether oxygens (including phenoxy) is 2. The van der Waals surface area contributed by atoms with Crippen molar-refractivity contribution in [1.82, 2.24) is 20.3 Å². The topological polar surface area (TPSA) is 117 Å². The van der Waals surface area contributed by atoms with Crippen LogP contribution in [0.4, 0.5) is 0 Å². The third-order valence-electron chi connectivity index (χ3n) is 10.0. The van der Waals surface area contributed by atoms with Crippen LogP contribution in [0.5, 0.6) is 17.2 Å². The van der Waals surface area contributed by atoms with Gasteiger partial charge in [-0.1, -0.05) is 140 Å². The summed E-state index contributed by atoms with van der Waals surface area (Å²) in [7, 11) is 0. The van der Waals surface area contributed by atoms with Gasteiger partial charge in [-0.25, -0.2) is 0 Å². The van der Waals surface area contributed by atoms with Gasteiger partial charge in [0.1, 0.15) is 17.2 Å². The van der Waals surface area contributed by atoms with Gasteiger partial charge < -0.3 is 23.6 Å². The van der Waals surface area contributed by atoms with Crippen LogP contribution in [0.25, 0.3) is 45.7 Å². The fraction of sp³-hybridized carbons (Fsp3) is 0.522. The van der Waals surface area contributed by atoms with E-state index >= 15 is 0 Å². The summed E-state index contributed by atoms with van der Waals surface area (Å²) in [6, 6.07) is 20.3. The second kappa shape index (κ2) is 24.0. The van der Waals surface area contributed by atoms with Crippen molar-refractivity contribution in [2.75, 3.05) is 13.2 Å². The zero-order valence-corrected chi connectivity index (χ0v) is 33.3. The molecular weight excluding hydrogens is 689 g/mol. The van der Waals surface area contributed by atoms with Gasteiger partial charge in [-0.3, -0.25) is 0 Å². The molecule has 5 aromatic rings. The van der Waals surface area contributed by atoms with Gasteiger partial charge >= 0.3 is 0 Å². The molecule has 1 N–H and O–H groups in total. The summed E-state index contributed by atoms with van der Waals surface area (Å²) in [5, 5.41) is 18.9. The molecule has 0 unspecified atom stereocenters. The number of aromatic nitrogens is 4. The number of rotatable bonds is 28. The molecule has 9 nitrogen and oxygen atoms in total. The maximum absolute atomic E-state index is 10.6. The fourth-order valence-electron chi connectivity index (χ4n) is 6.73. The summed E-state index contributed by atoms with van der Waals surface area (Å²) in [6.07, 6.45) is 26.0. The second-order valence-electron chi connectivity index (χ2n) is 14.7. The van der Waals surface area contributed by atoms with Gasteiger partial charge in [-0.05, 0) is 79.6 Å². The van der Waals surface area contributed by atoms with E-state index in [4.69, 9.17) is 18.5 Å². The van der Waals surface area contributed by atoms with Gasteiger partial charge in [0.25, 0.3) is 11.8 Å². The smallest absolute Gasteiger partial charge is 0.258 e. The van der Waals surface area contributed by atoms with Crippen molar-refractivity contribution in [3.05, 3.63) is 66.7 Å². The molecule has 5 rings (SSSR count). The average molecular weight is 751 g/mol. The lowest BCUT2D eigenvalue weighted by atomic mass is 10.1. The number of unbranched alkanes of at least 4 members (excludes halogenated alkanes) is 18. The highest BCUT2D eigenvalue weighted by Gasteiger charge is 2.17. The highest BCUT2D eigenvalue weighted by atomic mass is 16.5. The van der Waals surface area contributed by atoms with Crippen LogP contribution in [0.3, 0.4) is 0 Å². The molecular formula is C46H62N4O5. The fourth-order valence-corrected chi connectivity index (χ4v) is 6.73. The normalized spacial score (nSPS) is 11.3. The van der Waals surface area contributed by atoms with E-state index in [-0.39, 0.29) is 17.5 Å². The number of nitrogens with zero attached hydrogens (tertiary/aromatic N) is 4. The standard InChI is InChI=1S/C46H62N4O5/c1-3-5-7-9-11-13-15-17-19-21-31-52-41-27-23-36(24-28-41)43-47-45(54-49-43)38-33-39(35-40(51)34-38)46-48-44(50-55-46)37-25-29-42(30-26-37)53-32-22-20-18-16-14-12-10-8-6-4-2/h23-30,33-35,51H,3-22,31-32H2,1-2H3. The molecule has 3 aromatic carbocycles. The van der Waals surface area contributed by atoms with Crippen LogP contribution in [-0.2, 0) is 0 Å². The average Bonchev–Trinajstić information content (AvgIpc) is 3.91. The van der Waals surface area contributed by atoms with Crippen LogP contribution in [0, 0.1) is 0 Å². The zero-order valence-electron chi connectivity index (χ0n) is 33.3. The SMILES string of the molecule is CCCCCCCCCCCCOc1ccc(-c2noc(-c3cc(O)cc(-c4nc(-c5ccc(OCCCCCCCCCCCC)cc5)no4)c3)n2)cc1. The molecule has 0 bridgehead atoms. The molecule has 2 heterocycles. The minimum atomic E-state index is 0.0137. The Hall–Kier alpha value is -4.66. The monoisotopic (exact) mass is 750 g/mol. The largest absolute Gasteiger partial charge is 0.508 e. The summed E-state index contributed by atoms with van der Waals surface area (Å²) < 4.78 is 23.1. The predicted molar refractivity (Wildman–Crippen MR) is 220 cm³/mol. The quantitative estimate of drug-likeness (QED) is 0.0498. The molecule has 55 heavy (non-hydrogen) atoms. The number of phenolic OH excluding ortho intramolecular Hbond substituents is 1. The molecule has 0 radical (unpaired) electrons. The number of hydrogen-bond donors (Lipinski definition) is 1. The molecule has 9 heteroatoms. The number of benzene rings is 3. The van der Waals surface area contributed by atoms with Crippen LogP contribution >= 0.6 is 0 Å². The van der Waals surface area contributed by atoms with E-state index in [0.29, 0.717) is 36.0 Å². The molecule has 296 valence electrons. The first-order chi connectivity index (χ1) is 27.1. The van der Waals surface area contributed by atoms with Crippen molar-refractivity contribution in [2.45, 2.75) is 142 Å². The molecule has 0 aliphatic carbocycles. The van der Waals surface area contributed by atoms with Gasteiger partial charge in [-0.2, -0.15) is 9.97 Å². The van der Waals surface area contributed by atoms with E-state index in [1.807, 2.05) is 48.5 Å². The van der Waals surface area contributed by atoms with Crippen LogP contribution in [0.1, 0.15) is 142 Å². The van der Waals surface area contributed by atoms with Gasteiger partial charge in [0.15, 0.2) is 0 Å². The highest BCUT2D eigenvalue weighted by Crippen LogP contribution is 2.32. The molecule has 0 spiro atoms. The van der Waals surface area contributed by atoms with Crippen molar-refractivity contribution in [3.8, 4) is 62.9 Å². The molecule has 0 saturated heterocycles. The maximum atomic E-state index is 10.6. The van der Waals surface area contributed by atoms with Gasteiger partial charge in [0.2, 0.25) is 11.6 Å². The number of aromatic hydroxyl groups is 1. The Morgan fingerprint density at radius 3 is 1.15 bits per heavy atom. The first-order valence-corrected chi connectivity index (χ1v) is 21.1. The lowest BCUT2D eigenvalue weighted by Gasteiger charge is -2.06. The Labute approximate surface area is 328 Å². The van der Waals surface area contributed by atoms with Crippen molar-refractivity contribution < 1.29 is 23.6 Å². The summed E-state index contributed by atoms with van der Waals surface area (Å²) in [5.74, 6) is 3.07. The second-order valence-corrected chi connectivity index (χ2v) is 14.7. The number of phenols is 1. The minimum Gasteiger partial charge on any atom is -0.508 e. The first-order valence-electron chi connectivity index (χ1n) is 21.1. The summed E-state index contributed by atoms with van der Waals surface area (Å²) >= 11 is 0. The third kappa shape index (κ3) is 14.5. The van der Waals surface area contributed by atoms with Gasteiger partial charge in [0, 0.05) is 22.3 Å². The Morgan fingerprint density at radius 1 is 0.436 bits per heavy atom. The van der Waals surface area contributed by atoms with Gasteiger partial charge in [-0.15, -0.1) is 0 Å². The van der Waals surface area contributed by atoms with E-state index < -0.39 is 0 Å². The minimum absolute atomic E-state index is 0.0137. The van der Waals surface area contributed by atoms with Crippen molar-refractivity contribution in [3.63, 3.8) is 0 Å². The maximum Gasteiger partial charge on any atom is 0.258 e. The summed E-state index contributed by atoms with van der Waals surface area (Å²) in [6.45, 7) is 5.95. The predicted octanol–water partition coefficient (Wildman–Crippen LogP) is 13.4. The molecule has 0 aliphatic rings. The zero-order chi connectivity index (χ0) is 38.3. The van der Waals surface area contributed by atoms with Crippen molar-refractivity contribution in [2.24, 2.45) is 0 Å². The molecule has 0 amide bonds. The van der Waals surface area contributed by atoms with Crippen LogP contribution in [0.15, 0.2) is 75.8 Å². The van der Waals surface area contributed by atoms with E-state index in [2.05, 4.69) is 34.1 Å². The van der Waals surface area contributed by atoms with Crippen LogP contribution < -0.4 is 9.47 Å². The first kappa shape index (κ1) is 41.5. The van der Waals surface area contributed by atoms with E-state index in [9.17, 15) is 5.11 Å². The van der Waals surface area contributed by atoms with Crippen LogP contribution in [0.2, 0.25) is 0 Å². The third-order valence-corrected chi connectivity index (χ3v) is 10.0. The van der Waals surface area contributed by atoms with E-state index in [1.165, 1.54) is 116 Å². The number of hydrogen-bond acceptors (Lipinski definition) is 9. The lowest BCUT2D eigenvalue weighted by Crippen LogP contribution is -1.97. The highest BCUT2D eigenvalue weighted by molar-refractivity contribution is 5.69. The van der Waals surface area contributed by atoms with Crippen molar-refractivity contribution >= 4 is 0 Å². The molecule has 0 atom stereocenters. The molecule has 0 aliphatic heterocycles. The molecule has 0 fully saturated rings. The van der Waals surface area contributed by atoms with E-state index in [1.54, 1.807) is 18.2 Å². The van der Waals surface area contributed by atoms with E-state index in [0.717, 1.165) is 35.5 Å². The Balaban J connectivity index is 1.05. The Kier molecular flexibility index (Phi) is 18.1. The molecule has 0 saturated carbocycles.